The molecule has 0 unspecified atom stereocenters. The summed E-state index contributed by atoms with van der Waals surface area (Å²) in [7, 11) is 0. The van der Waals surface area contributed by atoms with Crippen LogP contribution in [0.5, 0.6) is 11.5 Å². The first-order valence-electron chi connectivity index (χ1n) is 12.1. The van der Waals surface area contributed by atoms with Crippen molar-refractivity contribution in [3.05, 3.63) is 34.9 Å². The lowest BCUT2D eigenvalue weighted by atomic mass is 9.45. The van der Waals surface area contributed by atoms with Crippen molar-refractivity contribution in [3.63, 3.8) is 0 Å². The number of phenolic OH excluding ortho intramolecular Hbond substituents is 1. The molecular formula is C27H32O8. The Morgan fingerprint density at radius 2 is 1.86 bits per heavy atom. The van der Waals surface area contributed by atoms with Gasteiger partial charge in [-0.05, 0) is 44.1 Å². The number of hydrogen-bond acceptors (Lipinski definition) is 8. The minimum Gasteiger partial charge on any atom is -0.507 e. The number of ether oxygens (including phenoxy) is 3. The SMILES string of the molecule is CC(=O)O[C@H]1c2c3c(cc(O)c2C(=O)O[C@@H]1C)O[C@@]1(C)[C@H](O)C[C@@H]2C(C)(C)C(=O)C=C[C@]2(C)[C@H]1C3. The van der Waals surface area contributed by atoms with Gasteiger partial charge in [0.1, 0.15) is 28.8 Å². The summed E-state index contributed by atoms with van der Waals surface area (Å²) in [6, 6.07) is 1.38. The van der Waals surface area contributed by atoms with Gasteiger partial charge in [0.25, 0.3) is 0 Å². The van der Waals surface area contributed by atoms with Crippen molar-refractivity contribution in [2.75, 3.05) is 0 Å². The van der Waals surface area contributed by atoms with Crippen LogP contribution in [-0.2, 0) is 25.5 Å². The Balaban J connectivity index is 1.72. The number of hydrogen-bond donors (Lipinski definition) is 2. The lowest BCUT2D eigenvalue weighted by molar-refractivity contribution is -0.190. The molecule has 0 amide bonds. The zero-order valence-corrected chi connectivity index (χ0v) is 20.9. The maximum absolute atomic E-state index is 12.8. The molecule has 1 aromatic rings. The Kier molecular flexibility index (Phi) is 4.99. The number of cyclic esters (lactones) is 1. The van der Waals surface area contributed by atoms with Crippen LogP contribution in [-0.4, -0.2) is 45.7 Å². The van der Waals surface area contributed by atoms with Gasteiger partial charge < -0.3 is 24.4 Å². The quantitative estimate of drug-likeness (QED) is 0.582. The van der Waals surface area contributed by atoms with Crippen LogP contribution < -0.4 is 4.74 Å². The molecule has 35 heavy (non-hydrogen) atoms. The van der Waals surface area contributed by atoms with Crippen LogP contribution in [0.1, 0.15) is 75.6 Å². The highest BCUT2D eigenvalue weighted by atomic mass is 16.6. The van der Waals surface area contributed by atoms with Crippen molar-refractivity contribution in [2.45, 2.75) is 78.3 Å². The first-order chi connectivity index (χ1) is 16.2. The fourth-order valence-corrected chi connectivity index (χ4v) is 7.15. The van der Waals surface area contributed by atoms with Crippen molar-refractivity contribution in [3.8, 4) is 11.5 Å². The molecule has 8 heteroatoms. The van der Waals surface area contributed by atoms with E-state index in [1.807, 2.05) is 26.8 Å². The summed E-state index contributed by atoms with van der Waals surface area (Å²) in [5.74, 6) is -1.58. The maximum atomic E-state index is 12.8. The summed E-state index contributed by atoms with van der Waals surface area (Å²) < 4.78 is 17.4. The highest BCUT2D eigenvalue weighted by molar-refractivity contribution is 5.97. The van der Waals surface area contributed by atoms with Crippen LogP contribution in [0.4, 0.5) is 0 Å². The molecule has 2 N–H and O–H groups in total. The topological polar surface area (TPSA) is 119 Å². The molecule has 1 fully saturated rings. The van der Waals surface area contributed by atoms with Gasteiger partial charge in [0.05, 0.1) is 6.10 Å². The van der Waals surface area contributed by atoms with E-state index in [1.165, 1.54) is 13.0 Å². The van der Waals surface area contributed by atoms with Crippen molar-refractivity contribution in [2.24, 2.45) is 22.7 Å². The van der Waals surface area contributed by atoms with Crippen LogP contribution in [0.15, 0.2) is 18.2 Å². The number of carbonyl (C=O) groups is 3. The first-order valence-corrected chi connectivity index (χ1v) is 12.1. The number of carbonyl (C=O) groups excluding carboxylic acids is 3. The molecule has 1 saturated carbocycles. The lowest BCUT2D eigenvalue weighted by Gasteiger charge is -2.62. The number of esters is 2. The van der Waals surface area contributed by atoms with Gasteiger partial charge in [0.15, 0.2) is 11.9 Å². The fraction of sp³-hybridized carbons (Fsp3) is 0.593. The number of ketones is 1. The number of aliphatic hydroxyl groups excluding tert-OH is 1. The van der Waals surface area contributed by atoms with Gasteiger partial charge in [-0.15, -0.1) is 0 Å². The zero-order valence-electron chi connectivity index (χ0n) is 20.9. The number of benzene rings is 1. The number of allylic oxidation sites excluding steroid dienone is 2. The Hall–Kier alpha value is -2.87. The third-order valence-corrected chi connectivity index (χ3v) is 9.07. The van der Waals surface area contributed by atoms with Gasteiger partial charge >= 0.3 is 11.9 Å². The molecule has 0 radical (unpaired) electrons. The molecule has 0 aromatic heterocycles. The summed E-state index contributed by atoms with van der Waals surface area (Å²) in [5, 5.41) is 22.1. The minimum absolute atomic E-state index is 0.0294. The standard InChI is InChI=1S/C27H32O8/c1-12-23(34-13(2)28)21-14-9-18-26(5)8-7-19(30)25(3,4)17(26)11-20(31)27(18,6)35-16(14)10-15(29)22(21)24(32)33-12/h7-8,10,12,17-18,20,23,29,31H,9,11H2,1-6H3/t12-,17-,18-,20-,23-,26+,27-/m1/s1. The van der Waals surface area contributed by atoms with E-state index in [0.717, 1.165) is 0 Å². The summed E-state index contributed by atoms with van der Waals surface area (Å²) in [4.78, 5) is 37.5. The third-order valence-electron chi connectivity index (χ3n) is 9.07. The van der Waals surface area contributed by atoms with Crippen molar-refractivity contribution >= 4 is 17.7 Å². The second-order valence-corrected chi connectivity index (χ2v) is 11.4. The van der Waals surface area contributed by atoms with E-state index < -0.39 is 46.7 Å². The largest absolute Gasteiger partial charge is 0.507 e. The summed E-state index contributed by atoms with van der Waals surface area (Å²) >= 11 is 0. The molecule has 2 heterocycles. The van der Waals surface area contributed by atoms with Gasteiger partial charge in [0.2, 0.25) is 0 Å². The number of phenols is 1. The molecule has 2 aliphatic heterocycles. The van der Waals surface area contributed by atoms with Crippen LogP contribution in [0.2, 0.25) is 0 Å². The van der Waals surface area contributed by atoms with E-state index in [0.29, 0.717) is 29.7 Å². The summed E-state index contributed by atoms with van der Waals surface area (Å²) in [6.45, 7) is 10.7. The molecule has 0 spiro atoms. The second-order valence-electron chi connectivity index (χ2n) is 11.4. The molecule has 2 aliphatic carbocycles. The highest BCUT2D eigenvalue weighted by Crippen LogP contribution is 2.63. The molecular weight excluding hydrogens is 452 g/mol. The van der Waals surface area contributed by atoms with Crippen molar-refractivity contribution < 1.29 is 38.8 Å². The monoisotopic (exact) mass is 484 g/mol. The minimum atomic E-state index is -1.00. The van der Waals surface area contributed by atoms with Gasteiger partial charge in [-0.25, -0.2) is 4.79 Å². The first kappa shape index (κ1) is 23.9. The summed E-state index contributed by atoms with van der Waals surface area (Å²) in [5.41, 5.74) is -1.17. The van der Waals surface area contributed by atoms with Crippen LogP contribution in [0, 0.1) is 22.7 Å². The number of fused-ring (bicyclic) bond motifs is 6. The average Bonchev–Trinajstić information content (AvgIpc) is 2.75. The predicted octanol–water partition coefficient (Wildman–Crippen LogP) is 3.42. The van der Waals surface area contributed by atoms with Crippen LogP contribution >= 0.6 is 0 Å². The Bertz CT molecular complexity index is 1180. The molecule has 7 atom stereocenters. The van der Waals surface area contributed by atoms with E-state index in [9.17, 15) is 24.6 Å². The van der Waals surface area contributed by atoms with Crippen molar-refractivity contribution in [1.82, 2.24) is 0 Å². The molecule has 0 bridgehead atoms. The Labute approximate surface area is 204 Å². The molecule has 188 valence electrons. The highest BCUT2D eigenvalue weighted by Gasteiger charge is 2.65. The average molecular weight is 485 g/mol. The van der Waals surface area contributed by atoms with Gasteiger partial charge in [0, 0.05) is 35.4 Å². The smallest absolute Gasteiger partial charge is 0.342 e. The normalized spacial score (nSPS) is 38.8. The zero-order chi connectivity index (χ0) is 25.7. The number of aromatic hydroxyl groups is 1. The molecule has 1 aromatic carbocycles. The Morgan fingerprint density at radius 1 is 1.17 bits per heavy atom. The van der Waals surface area contributed by atoms with E-state index >= 15 is 0 Å². The van der Waals surface area contributed by atoms with Gasteiger partial charge in [-0.2, -0.15) is 0 Å². The molecule has 0 saturated heterocycles. The predicted molar refractivity (Wildman–Crippen MR) is 124 cm³/mol. The van der Waals surface area contributed by atoms with E-state index in [2.05, 4.69) is 6.92 Å². The fourth-order valence-electron chi connectivity index (χ4n) is 7.15. The Morgan fingerprint density at radius 3 is 2.51 bits per heavy atom. The van der Waals surface area contributed by atoms with Crippen LogP contribution in [0.25, 0.3) is 0 Å². The number of rotatable bonds is 1. The maximum Gasteiger partial charge on any atom is 0.342 e. The van der Waals surface area contributed by atoms with E-state index in [-0.39, 0.29) is 28.9 Å². The van der Waals surface area contributed by atoms with Crippen molar-refractivity contribution in [1.29, 1.82) is 0 Å². The number of aliphatic hydroxyl groups is 1. The lowest BCUT2D eigenvalue weighted by Crippen LogP contribution is -2.67. The van der Waals surface area contributed by atoms with E-state index in [4.69, 9.17) is 14.2 Å². The van der Waals surface area contributed by atoms with Gasteiger partial charge in [-0.1, -0.05) is 26.8 Å². The summed E-state index contributed by atoms with van der Waals surface area (Å²) in [6.07, 6.45) is 1.83. The third kappa shape index (κ3) is 3.11. The molecule has 4 aliphatic rings. The molecule has 5 rings (SSSR count). The van der Waals surface area contributed by atoms with Crippen LogP contribution in [0.3, 0.4) is 0 Å². The van der Waals surface area contributed by atoms with Gasteiger partial charge in [-0.3, -0.25) is 9.59 Å². The van der Waals surface area contributed by atoms with E-state index in [1.54, 1.807) is 13.0 Å². The second kappa shape index (κ2) is 7.32. The molecule has 8 nitrogen and oxygen atoms in total.